The molecular weight excluding hydrogens is 228 g/mol. The van der Waals surface area contributed by atoms with Crippen molar-refractivity contribution in [3.05, 3.63) is 30.5 Å². The highest BCUT2D eigenvalue weighted by molar-refractivity contribution is 5.72. The van der Waals surface area contributed by atoms with Crippen LogP contribution in [0.15, 0.2) is 30.5 Å². The van der Waals surface area contributed by atoms with E-state index in [4.69, 9.17) is 4.74 Å². The Labute approximate surface area is 107 Å². The van der Waals surface area contributed by atoms with Crippen LogP contribution in [0, 0.1) is 0 Å². The summed E-state index contributed by atoms with van der Waals surface area (Å²) in [6, 6.07) is 7.60. The van der Waals surface area contributed by atoms with E-state index < -0.39 is 0 Å². The van der Waals surface area contributed by atoms with Gasteiger partial charge in [0.05, 0.1) is 18.8 Å². The van der Waals surface area contributed by atoms with Gasteiger partial charge < -0.3 is 9.84 Å². The van der Waals surface area contributed by atoms with Gasteiger partial charge in [-0.1, -0.05) is 12.1 Å². The van der Waals surface area contributed by atoms with Gasteiger partial charge in [-0.05, 0) is 32.9 Å². The van der Waals surface area contributed by atoms with Gasteiger partial charge in [0.25, 0.3) is 0 Å². The van der Waals surface area contributed by atoms with E-state index in [1.54, 1.807) is 11.8 Å². The summed E-state index contributed by atoms with van der Waals surface area (Å²) in [5, 5.41) is 14.3. The largest absolute Gasteiger partial charge is 0.504 e. The first kappa shape index (κ1) is 12.5. The molecule has 0 fully saturated rings. The molecule has 0 saturated heterocycles. The van der Waals surface area contributed by atoms with Gasteiger partial charge in [0.1, 0.15) is 11.4 Å². The van der Waals surface area contributed by atoms with Crippen molar-refractivity contribution >= 4 is 0 Å². The van der Waals surface area contributed by atoms with Gasteiger partial charge >= 0.3 is 0 Å². The number of hydrogen-bond donors (Lipinski definition) is 1. The Kier molecular flexibility index (Phi) is 3.03. The lowest BCUT2D eigenvalue weighted by Gasteiger charge is -2.23. The Morgan fingerprint density at radius 1 is 1.22 bits per heavy atom. The summed E-state index contributed by atoms with van der Waals surface area (Å²) in [7, 11) is 1.62. The smallest absolute Gasteiger partial charge is 0.161 e. The van der Waals surface area contributed by atoms with E-state index >= 15 is 0 Å². The number of nitrogens with zero attached hydrogens (tertiary/aromatic N) is 2. The van der Waals surface area contributed by atoms with Crippen molar-refractivity contribution in [2.75, 3.05) is 7.11 Å². The minimum absolute atomic E-state index is 0.162. The molecule has 1 aromatic heterocycles. The number of methoxy groups -OCH3 is 1. The third-order valence-corrected chi connectivity index (χ3v) is 2.75. The topological polar surface area (TPSA) is 47.3 Å². The summed E-state index contributed by atoms with van der Waals surface area (Å²) in [5.74, 6) is 0.883. The lowest BCUT2D eigenvalue weighted by atomic mass is 10.1. The molecule has 0 aliphatic rings. The van der Waals surface area contributed by atoms with E-state index in [0.29, 0.717) is 5.69 Å². The van der Waals surface area contributed by atoms with Crippen molar-refractivity contribution in [3.63, 3.8) is 0 Å². The molecule has 2 aromatic rings. The normalized spacial score (nSPS) is 11.6. The molecule has 4 heteroatoms. The zero-order valence-electron chi connectivity index (χ0n) is 11.1. The molecule has 2 rings (SSSR count). The van der Waals surface area contributed by atoms with Crippen LogP contribution in [0.3, 0.4) is 0 Å². The Hall–Kier alpha value is -1.97. The molecule has 0 aliphatic heterocycles. The van der Waals surface area contributed by atoms with E-state index in [1.165, 1.54) is 6.20 Å². The second-order valence-electron chi connectivity index (χ2n) is 5.16. The van der Waals surface area contributed by atoms with E-state index in [0.717, 1.165) is 11.3 Å². The quantitative estimate of drug-likeness (QED) is 0.886. The summed E-state index contributed by atoms with van der Waals surface area (Å²) >= 11 is 0. The maximum atomic E-state index is 10.0. The molecule has 96 valence electrons. The van der Waals surface area contributed by atoms with Crippen molar-refractivity contribution in [1.29, 1.82) is 0 Å². The summed E-state index contributed by atoms with van der Waals surface area (Å²) in [5.41, 5.74) is 1.31. The average molecular weight is 246 g/mol. The van der Waals surface area contributed by atoms with Crippen LogP contribution in [-0.4, -0.2) is 22.0 Å². The highest BCUT2D eigenvalue weighted by Gasteiger charge is 2.23. The van der Waals surface area contributed by atoms with Gasteiger partial charge in [-0.25, -0.2) is 0 Å². The highest BCUT2D eigenvalue weighted by atomic mass is 16.5. The lowest BCUT2D eigenvalue weighted by Crippen LogP contribution is -2.24. The Morgan fingerprint density at radius 2 is 1.89 bits per heavy atom. The summed E-state index contributed by atoms with van der Waals surface area (Å²) in [4.78, 5) is 0. The second kappa shape index (κ2) is 4.37. The van der Waals surface area contributed by atoms with Crippen molar-refractivity contribution < 1.29 is 9.84 Å². The minimum atomic E-state index is -0.211. The van der Waals surface area contributed by atoms with Crippen LogP contribution in [0.25, 0.3) is 11.3 Å². The first-order valence-electron chi connectivity index (χ1n) is 5.86. The number of aromatic nitrogens is 2. The average Bonchev–Trinajstić information content (AvgIpc) is 2.70. The molecule has 0 aliphatic carbocycles. The minimum Gasteiger partial charge on any atom is -0.504 e. The van der Waals surface area contributed by atoms with E-state index in [9.17, 15) is 5.11 Å². The fourth-order valence-electron chi connectivity index (χ4n) is 1.94. The Bertz CT molecular complexity index is 553. The maximum Gasteiger partial charge on any atom is 0.161 e. The molecule has 1 aromatic carbocycles. The van der Waals surface area contributed by atoms with Crippen molar-refractivity contribution in [3.8, 4) is 22.8 Å². The van der Waals surface area contributed by atoms with Crippen LogP contribution in [0.2, 0.25) is 0 Å². The predicted molar refractivity (Wildman–Crippen MR) is 70.9 cm³/mol. The Morgan fingerprint density at radius 3 is 2.50 bits per heavy atom. The third-order valence-electron chi connectivity index (χ3n) is 2.75. The van der Waals surface area contributed by atoms with Gasteiger partial charge in [0, 0.05) is 5.56 Å². The summed E-state index contributed by atoms with van der Waals surface area (Å²) < 4.78 is 7.15. The van der Waals surface area contributed by atoms with Crippen LogP contribution in [0.1, 0.15) is 20.8 Å². The van der Waals surface area contributed by atoms with Crippen LogP contribution < -0.4 is 4.74 Å². The molecule has 0 unspecified atom stereocenters. The molecule has 0 atom stereocenters. The standard InChI is InChI=1S/C14H18N2O2/c1-14(2,3)16-13(11(17)9-15-16)10-7-5-6-8-12(10)18-4/h5-9,17H,1-4H3. The third kappa shape index (κ3) is 2.06. The molecule has 0 amide bonds. The van der Waals surface area contributed by atoms with Crippen LogP contribution in [-0.2, 0) is 5.54 Å². The van der Waals surface area contributed by atoms with Crippen molar-refractivity contribution in [2.45, 2.75) is 26.3 Å². The zero-order chi connectivity index (χ0) is 13.3. The molecule has 18 heavy (non-hydrogen) atoms. The summed E-state index contributed by atoms with van der Waals surface area (Å²) in [6.07, 6.45) is 1.47. The molecule has 0 bridgehead atoms. The molecular formula is C14H18N2O2. The van der Waals surface area contributed by atoms with Crippen molar-refractivity contribution in [2.24, 2.45) is 0 Å². The predicted octanol–water partition coefficient (Wildman–Crippen LogP) is 3.02. The van der Waals surface area contributed by atoms with Gasteiger partial charge in [-0.3, -0.25) is 4.68 Å². The summed E-state index contributed by atoms with van der Waals surface area (Å²) in [6.45, 7) is 6.12. The molecule has 0 spiro atoms. The SMILES string of the molecule is COc1ccccc1-c1c(O)cnn1C(C)(C)C. The fourth-order valence-corrected chi connectivity index (χ4v) is 1.94. The van der Waals surface area contributed by atoms with E-state index in [2.05, 4.69) is 5.10 Å². The zero-order valence-corrected chi connectivity index (χ0v) is 11.1. The molecule has 4 nitrogen and oxygen atoms in total. The maximum absolute atomic E-state index is 10.0. The number of benzene rings is 1. The fraction of sp³-hybridized carbons (Fsp3) is 0.357. The van der Waals surface area contributed by atoms with Gasteiger partial charge in [-0.2, -0.15) is 5.10 Å². The van der Waals surface area contributed by atoms with Gasteiger partial charge in [0.15, 0.2) is 5.75 Å². The van der Waals surface area contributed by atoms with E-state index in [1.807, 2.05) is 45.0 Å². The molecule has 0 radical (unpaired) electrons. The first-order chi connectivity index (χ1) is 8.45. The number of para-hydroxylation sites is 1. The molecule has 0 saturated carbocycles. The van der Waals surface area contributed by atoms with Gasteiger partial charge in [0.2, 0.25) is 0 Å². The lowest BCUT2D eigenvalue weighted by molar-refractivity contribution is 0.356. The monoisotopic (exact) mass is 246 g/mol. The van der Waals surface area contributed by atoms with E-state index in [-0.39, 0.29) is 11.3 Å². The highest BCUT2D eigenvalue weighted by Crippen LogP contribution is 2.37. The second-order valence-corrected chi connectivity index (χ2v) is 5.16. The van der Waals surface area contributed by atoms with Gasteiger partial charge in [-0.15, -0.1) is 0 Å². The first-order valence-corrected chi connectivity index (χ1v) is 5.86. The van der Waals surface area contributed by atoms with Crippen LogP contribution in [0.5, 0.6) is 11.5 Å². The number of hydrogen-bond acceptors (Lipinski definition) is 3. The van der Waals surface area contributed by atoms with Crippen molar-refractivity contribution in [1.82, 2.24) is 9.78 Å². The number of rotatable bonds is 2. The van der Waals surface area contributed by atoms with Crippen LogP contribution >= 0.6 is 0 Å². The molecule has 1 N–H and O–H groups in total. The molecule has 1 heterocycles. The number of ether oxygens (including phenoxy) is 1. The van der Waals surface area contributed by atoms with Crippen LogP contribution in [0.4, 0.5) is 0 Å². The Balaban J connectivity index is 2.67. The number of aromatic hydroxyl groups is 1.